The number of aromatic nitrogens is 1. The molecule has 0 aliphatic heterocycles. The monoisotopic (exact) mass is 351 g/mol. The van der Waals surface area contributed by atoms with Crippen LogP contribution in [0.4, 0.5) is 0 Å². The van der Waals surface area contributed by atoms with E-state index >= 15 is 0 Å². The molecule has 0 saturated carbocycles. The number of amides is 2. The Bertz CT molecular complexity index is 870. The van der Waals surface area contributed by atoms with Crippen molar-refractivity contribution in [3.8, 4) is 0 Å². The largest absolute Gasteiger partial charge is 0.351 e. The van der Waals surface area contributed by atoms with Crippen LogP contribution in [-0.4, -0.2) is 29.9 Å². The molecule has 2 amide bonds. The molecular formula is C19H17N3O2S. The Morgan fingerprint density at radius 1 is 0.960 bits per heavy atom. The average molecular weight is 351 g/mol. The molecule has 0 aliphatic carbocycles. The molecule has 0 fully saturated rings. The molecule has 1 heterocycles. The molecule has 2 aromatic carbocycles. The lowest BCUT2D eigenvalue weighted by Crippen LogP contribution is -2.33. The van der Waals surface area contributed by atoms with Crippen LogP contribution in [-0.2, 0) is 4.79 Å². The van der Waals surface area contributed by atoms with Crippen LogP contribution in [0.2, 0.25) is 0 Å². The van der Waals surface area contributed by atoms with Gasteiger partial charge < -0.3 is 10.6 Å². The van der Waals surface area contributed by atoms with E-state index in [2.05, 4.69) is 15.6 Å². The Morgan fingerprint density at radius 2 is 1.68 bits per heavy atom. The highest BCUT2D eigenvalue weighted by molar-refractivity contribution is 7.19. The molecular weight excluding hydrogens is 334 g/mol. The highest BCUT2D eigenvalue weighted by Gasteiger charge is 2.04. The van der Waals surface area contributed by atoms with Crippen molar-refractivity contribution in [1.82, 2.24) is 15.6 Å². The topological polar surface area (TPSA) is 71.1 Å². The van der Waals surface area contributed by atoms with E-state index in [4.69, 9.17) is 0 Å². The summed E-state index contributed by atoms with van der Waals surface area (Å²) in [6.07, 6.45) is 3.15. The number of fused-ring (bicyclic) bond motifs is 1. The number of hydrogen-bond acceptors (Lipinski definition) is 4. The normalized spacial score (nSPS) is 10.9. The second-order valence-electron chi connectivity index (χ2n) is 5.27. The summed E-state index contributed by atoms with van der Waals surface area (Å²) in [5, 5.41) is 6.27. The van der Waals surface area contributed by atoms with Gasteiger partial charge in [0.15, 0.2) is 0 Å². The summed E-state index contributed by atoms with van der Waals surface area (Å²) in [5.74, 6) is -0.368. The highest BCUT2D eigenvalue weighted by Crippen LogP contribution is 2.22. The fourth-order valence-corrected chi connectivity index (χ4v) is 3.09. The summed E-state index contributed by atoms with van der Waals surface area (Å²) in [5.41, 5.74) is 1.53. The average Bonchev–Trinajstić information content (AvgIpc) is 3.07. The second kappa shape index (κ2) is 8.21. The lowest BCUT2D eigenvalue weighted by Gasteiger charge is -2.05. The van der Waals surface area contributed by atoms with Crippen molar-refractivity contribution in [3.05, 3.63) is 71.2 Å². The third-order valence-corrected chi connectivity index (χ3v) is 4.44. The second-order valence-corrected chi connectivity index (χ2v) is 6.33. The first-order chi connectivity index (χ1) is 12.2. The molecule has 1 aromatic heterocycles. The summed E-state index contributed by atoms with van der Waals surface area (Å²) < 4.78 is 1.09. The number of nitrogens with zero attached hydrogens (tertiary/aromatic N) is 1. The summed E-state index contributed by atoms with van der Waals surface area (Å²) in [6, 6.07) is 16.8. The Morgan fingerprint density at radius 3 is 2.48 bits per heavy atom. The SMILES string of the molecule is O=C(/C=C/c1nc2ccccc2s1)NCCNC(=O)c1ccccc1. The van der Waals surface area contributed by atoms with Crippen molar-refractivity contribution < 1.29 is 9.59 Å². The highest BCUT2D eigenvalue weighted by atomic mass is 32.1. The predicted molar refractivity (Wildman–Crippen MR) is 100 cm³/mol. The predicted octanol–water partition coefficient (Wildman–Crippen LogP) is 2.86. The molecule has 0 aliphatic rings. The minimum atomic E-state index is -0.215. The zero-order valence-electron chi connectivity index (χ0n) is 13.4. The van der Waals surface area contributed by atoms with Crippen LogP contribution in [0.1, 0.15) is 15.4 Å². The van der Waals surface area contributed by atoms with Crippen LogP contribution in [0.5, 0.6) is 0 Å². The molecule has 5 nitrogen and oxygen atoms in total. The third kappa shape index (κ3) is 4.74. The van der Waals surface area contributed by atoms with Crippen LogP contribution >= 0.6 is 11.3 Å². The van der Waals surface area contributed by atoms with E-state index in [0.717, 1.165) is 15.2 Å². The van der Waals surface area contributed by atoms with Crippen molar-refractivity contribution in [2.45, 2.75) is 0 Å². The molecule has 0 spiro atoms. The number of hydrogen-bond donors (Lipinski definition) is 2. The van der Waals surface area contributed by atoms with E-state index in [9.17, 15) is 9.59 Å². The molecule has 0 saturated heterocycles. The van der Waals surface area contributed by atoms with Crippen LogP contribution in [0.25, 0.3) is 16.3 Å². The molecule has 126 valence electrons. The van der Waals surface area contributed by atoms with Crippen molar-refractivity contribution in [1.29, 1.82) is 0 Å². The quantitative estimate of drug-likeness (QED) is 0.530. The van der Waals surface area contributed by atoms with Gasteiger partial charge in [0.1, 0.15) is 5.01 Å². The fraction of sp³-hybridized carbons (Fsp3) is 0.105. The first kappa shape index (κ1) is 16.9. The van der Waals surface area contributed by atoms with Gasteiger partial charge in [0.2, 0.25) is 5.91 Å². The molecule has 25 heavy (non-hydrogen) atoms. The molecule has 0 atom stereocenters. The number of thiazole rings is 1. The van der Waals surface area contributed by atoms with E-state index in [-0.39, 0.29) is 11.8 Å². The van der Waals surface area contributed by atoms with Crippen LogP contribution in [0, 0.1) is 0 Å². The van der Waals surface area contributed by atoms with Gasteiger partial charge in [-0.15, -0.1) is 11.3 Å². The van der Waals surface area contributed by atoms with Crippen molar-refractivity contribution in [2.75, 3.05) is 13.1 Å². The van der Waals surface area contributed by atoms with E-state index in [0.29, 0.717) is 18.7 Å². The number of benzene rings is 2. The van der Waals surface area contributed by atoms with Crippen LogP contribution < -0.4 is 10.6 Å². The zero-order chi connectivity index (χ0) is 17.5. The Kier molecular flexibility index (Phi) is 5.53. The fourth-order valence-electron chi connectivity index (χ4n) is 2.22. The summed E-state index contributed by atoms with van der Waals surface area (Å²) in [4.78, 5) is 28.1. The molecule has 0 unspecified atom stereocenters. The maximum atomic E-state index is 11.8. The number of carbonyl (C=O) groups excluding carboxylic acids is 2. The Hall–Kier alpha value is -2.99. The van der Waals surface area contributed by atoms with Crippen molar-refractivity contribution in [2.24, 2.45) is 0 Å². The van der Waals surface area contributed by atoms with Gasteiger partial charge in [-0.2, -0.15) is 0 Å². The number of nitrogens with one attached hydrogen (secondary N) is 2. The summed E-state index contributed by atoms with van der Waals surface area (Å²) in [6.45, 7) is 0.732. The lowest BCUT2D eigenvalue weighted by atomic mass is 10.2. The number of rotatable bonds is 6. The number of carbonyl (C=O) groups is 2. The summed E-state index contributed by atoms with van der Waals surface area (Å²) >= 11 is 1.53. The van der Waals surface area contributed by atoms with Crippen LogP contribution in [0.15, 0.2) is 60.7 Å². The van der Waals surface area contributed by atoms with Gasteiger partial charge in [0.05, 0.1) is 10.2 Å². The van der Waals surface area contributed by atoms with Gasteiger partial charge in [-0.05, 0) is 30.3 Å². The lowest BCUT2D eigenvalue weighted by molar-refractivity contribution is -0.116. The summed E-state index contributed by atoms with van der Waals surface area (Å²) in [7, 11) is 0. The maximum Gasteiger partial charge on any atom is 0.251 e. The van der Waals surface area contributed by atoms with Crippen molar-refractivity contribution >= 4 is 39.4 Å². The third-order valence-electron chi connectivity index (χ3n) is 3.43. The minimum absolute atomic E-state index is 0.153. The van der Waals surface area contributed by atoms with Gasteiger partial charge in [0, 0.05) is 24.7 Å². The van der Waals surface area contributed by atoms with E-state index in [1.807, 2.05) is 42.5 Å². The molecule has 2 N–H and O–H groups in total. The van der Waals surface area contributed by atoms with Gasteiger partial charge >= 0.3 is 0 Å². The van der Waals surface area contributed by atoms with Gasteiger partial charge in [0.25, 0.3) is 5.91 Å². The van der Waals surface area contributed by atoms with Gasteiger partial charge in [-0.25, -0.2) is 4.98 Å². The maximum absolute atomic E-state index is 11.8. The standard InChI is InChI=1S/C19H17N3O2S/c23-17(10-11-18-22-15-8-4-5-9-16(15)25-18)20-12-13-21-19(24)14-6-2-1-3-7-14/h1-11H,12-13H2,(H,20,23)(H,21,24)/b11-10+. The first-order valence-corrected chi connectivity index (χ1v) is 8.69. The van der Waals surface area contributed by atoms with E-state index in [1.54, 1.807) is 18.2 Å². The molecule has 3 aromatic rings. The first-order valence-electron chi connectivity index (χ1n) is 7.87. The Labute approximate surface area is 149 Å². The molecule has 0 bridgehead atoms. The van der Waals surface area contributed by atoms with Gasteiger partial charge in [-0.1, -0.05) is 30.3 Å². The van der Waals surface area contributed by atoms with Gasteiger partial charge in [-0.3, -0.25) is 9.59 Å². The smallest absolute Gasteiger partial charge is 0.251 e. The molecule has 3 rings (SSSR count). The van der Waals surface area contributed by atoms with E-state index in [1.165, 1.54) is 17.4 Å². The van der Waals surface area contributed by atoms with Crippen molar-refractivity contribution in [3.63, 3.8) is 0 Å². The molecule has 0 radical (unpaired) electrons. The zero-order valence-corrected chi connectivity index (χ0v) is 14.3. The molecule has 6 heteroatoms. The van der Waals surface area contributed by atoms with E-state index < -0.39 is 0 Å². The van der Waals surface area contributed by atoms with Crippen LogP contribution in [0.3, 0.4) is 0 Å². The number of para-hydroxylation sites is 1. The Balaban J connectivity index is 1.42. The minimum Gasteiger partial charge on any atom is -0.351 e.